The lowest BCUT2D eigenvalue weighted by atomic mass is 10.2. The van der Waals surface area contributed by atoms with Crippen LogP contribution >= 0.6 is 0 Å². The largest absolute Gasteiger partial charge is 0.497 e. The van der Waals surface area contributed by atoms with E-state index >= 15 is 0 Å². The summed E-state index contributed by atoms with van der Waals surface area (Å²) in [4.78, 5) is 17.1. The molecule has 0 aliphatic heterocycles. The molecule has 0 aliphatic rings. The van der Waals surface area contributed by atoms with Crippen LogP contribution in [0.4, 0.5) is 24.7 Å². The summed E-state index contributed by atoms with van der Waals surface area (Å²) in [7, 11) is 3.03. The minimum atomic E-state index is -4.62. The van der Waals surface area contributed by atoms with Crippen LogP contribution in [0.2, 0.25) is 0 Å². The van der Waals surface area contributed by atoms with Crippen LogP contribution in [0.3, 0.4) is 0 Å². The standard InChI is InChI=1S/C17H17F3N2O3/c1-4-25-16(23)13-9-10-14(17(18,19)20)21-15(13)22(2)11-5-7-12(24-3)8-6-11/h5-10H,4H2,1-3H3. The van der Waals surface area contributed by atoms with E-state index < -0.39 is 17.8 Å². The molecule has 0 aliphatic carbocycles. The molecule has 25 heavy (non-hydrogen) atoms. The van der Waals surface area contributed by atoms with Crippen molar-refractivity contribution in [1.82, 2.24) is 4.98 Å². The van der Waals surface area contributed by atoms with Crippen molar-refractivity contribution in [1.29, 1.82) is 0 Å². The summed E-state index contributed by atoms with van der Waals surface area (Å²) < 4.78 is 49.0. The molecule has 0 N–H and O–H groups in total. The number of aromatic nitrogens is 1. The fourth-order valence-electron chi connectivity index (χ4n) is 2.16. The number of rotatable bonds is 5. The van der Waals surface area contributed by atoms with E-state index in [1.165, 1.54) is 19.1 Å². The lowest BCUT2D eigenvalue weighted by molar-refractivity contribution is -0.141. The molecule has 8 heteroatoms. The second-order valence-electron chi connectivity index (χ2n) is 5.04. The van der Waals surface area contributed by atoms with Gasteiger partial charge in [-0.1, -0.05) is 0 Å². The molecule has 0 fully saturated rings. The molecule has 2 aromatic rings. The van der Waals surface area contributed by atoms with Gasteiger partial charge in [-0.05, 0) is 43.3 Å². The van der Waals surface area contributed by atoms with E-state index in [0.717, 1.165) is 12.1 Å². The van der Waals surface area contributed by atoms with Crippen LogP contribution in [0.5, 0.6) is 5.75 Å². The van der Waals surface area contributed by atoms with E-state index in [1.54, 1.807) is 31.2 Å². The number of carbonyl (C=O) groups excluding carboxylic acids is 1. The van der Waals surface area contributed by atoms with Gasteiger partial charge >= 0.3 is 12.1 Å². The zero-order chi connectivity index (χ0) is 18.6. The van der Waals surface area contributed by atoms with Crippen LogP contribution in [-0.4, -0.2) is 31.7 Å². The lowest BCUT2D eigenvalue weighted by Crippen LogP contribution is -2.20. The van der Waals surface area contributed by atoms with Gasteiger partial charge < -0.3 is 14.4 Å². The molecule has 0 unspecified atom stereocenters. The predicted molar refractivity (Wildman–Crippen MR) is 86.3 cm³/mol. The monoisotopic (exact) mass is 354 g/mol. The van der Waals surface area contributed by atoms with Gasteiger partial charge in [-0.3, -0.25) is 0 Å². The molecule has 0 atom stereocenters. The van der Waals surface area contributed by atoms with E-state index in [1.807, 2.05) is 0 Å². The van der Waals surface area contributed by atoms with Gasteiger partial charge in [-0.15, -0.1) is 0 Å². The number of carbonyl (C=O) groups is 1. The third-order valence-electron chi connectivity index (χ3n) is 3.44. The Kier molecular flexibility index (Phi) is 5.51. The van der Waals surface area contributed by atoms with Crippen LogP contribution in [0.25, 0.3) is 0 Å². The number of hydrogen-bond acceptors (Lipinski definition) is 5. The molecule has 1 aromatic carbocycles. The maximum absolute atomic E-state index is 13.0. The first-order valence-corrected chi connectivity index (χ1v) is 7.41. The molecule has 5 nitrogen and oxygen atoms in total. The molecule has 0 saturated carbocycles. The van der Waals surface area contributed by atoms with Crippen molar-refractivity contribution in [3.8, 4) is 5.75 Å². The Balaban J connectivity index is 2.51. The van der Waals surface area contributed by atoms with Crippen molar-refractivity contribution in [2.24, 2.45) is 0 Å². The number of hydrogen-bond donors (Lipinski definition) is 0. The molecule has 134 valence electrons. The van der Waals surface area contributed by atoms with Gasteiger partial charge in [0, 0.05) is 12.7 Å². The Hall–Kier alpha value is -2.77. The van der Waals surface area contributed by atoms with Gasteiger partial charge in [-0.25, -0.2) is 9.78 Å². The van der Waals surface area contributed by atoms with Crippen LogP contribution < -0.4 is 9.64 Å². The van der Waals surface area contributed by atoms with E-state index in [9.17, 15) is 18.0 Å². The smallest absolute Gasteiger partial charge is 0.433 e. The van der Waals surface area contributed by atoms with Crippen molar-refractivity contribution in [2.75, 3.05) is 25.7 Å². The molecule has 0 bridgehead atoms. The number of ether oxygens (including phenoxy) is 2. The Bertz CT molecular complexity index is 746. The zero-order valence-corrected chi connectivity index (χ0v) is 13.9. The highest BCUT2D eigenvalue weighted by Gasteiger charge is 2.34. The van der Waals surface area contributed by atoms with Crippen molar-refractivity contribution in [2.45, 2.75) is 13.1 Å². The number of pyridine rings is 1. The third kappa shape index (κ3) is 4.20. The molecule has 2 rings (SSSR count). The van der Waals surface area contributed by atoms with Gasteiger partial charge in [0.1, 0.15) is 22.8 Å². The van der Waals surface area contributed by atoms with Gasteiger partial charge in [0.25, 0.3) is 0 Å². The Labute approximate surface area is 143 Å². The van der Waals surface area contributed by atoms with Crippen LogP contribution in [-0.2, 0) is 10.9 Å². The molecule has 1 aromatic heterocycles. The number of halogens is 3. The zero-order valence-electron chi connectivity index (χ0n) is 13.9. The minimum absolute atomic E-state index is 0.0480. The van der Waals surface area contributed by atoms with E-state index in [-0.39, 0.29) is 18.0 Å². The molecule has 1 heterocycles. The predicted octanol–water partition coefficient (Wildman–Crippen LogP) is 4.05. The highest BCUT2D eigenvalue weighted by atomic mass is 19.4. The summed E-state index contributed by atoms with van der Waals surface area (Å²) in [5.41, 5.74) is -0.595. The number of esters is 1. The summed E-state index contributed by atoms with van der Waals surface area (Å²) in [5, 5.41) is 0. The minimum Gasteiger partial charge on any atom is -0.497 e. The average Bonchev–Trinajstić information content (AvgIpc) is 2.60. The topological polar surface area (TPSA) is 51.7 Å². The first-order valence-electron chi connectivity index (χ1n) is 7.41. The Morgan fingerprint density at radius 3 is 2.32 bits per heavy atom. The van der Waals surface area contributed by atoms with Crippen molar-refractivity contribution >= 4 is 17.5 Å². The molecule has 0 saturated heterocycles. The van der Waals surface area contributed by atoms with Crippen LogP contribution in [0, 0.1) is 0 Å². The maximum Gasteiger partial charge on any atom is 0.433 e. The highest BCUT2D eigenvalue weighted by molar-refractivity contribution is 5.95. The number of alkyl halides is 3. The van der Waals surface area contributed by atoms with Gasteiger partial charge in [0.15, 0.2) is 0 Å². The third-order valence-corrected chi connectivity index (χ3v) is 3.44. The van der Waals surface area contributed by atoms with Gasteiger partial charge in [0.05, 0.1) is 13.7 Å². The average molecular weight is 354 g/mol. The number of methoxy groups -OCH3 is 1. The summed E-state index contributed by atoms with van der Waals surface area (Å²) in [6.07, 6.45) is -4.62. The SMILES string of the molecule is CCOC(=O)c1ccc(C(F)(F)F)nc1N(C)c1ccc(OC)cc1. The quantitative estimate of drug-likeness (QED) is 0.758. The Morgan fingerprint density at radius 1 is 1.16 bits per heavy atom. The fourth-order valence-corrected chi connectivity index (χ4v) is 2.16. The molecular formula is C17H17F3N2O3. The highest BCUT2D eigenvalue weighted by Crippen LogP contribution is 2.33. The number of nitrogens with zero attached hydrogens (tertiary/aromatic N) is 2. The molecule has 0 spiro atoms. The Morgan fingerprint density at radius 2 is 1.80 bits per heavy atom. The van der Waals surface area contributed by atoms with Crippen LogP contribution in [0.15, 0.2) is 36.4 Å². The normalized spacial score (nSPS) is 11.1. The molecule has 0 amide bonds. The summed E-state index contributed by atoms with van der Waals surface area (Å²) in [5.74, 6) is -0.280. The second-order valence-corrected chi connectivity index (χ2v) is 5.04. The van der Waals surface area contributed by atoms with Crippen molar-refractivity contribution < 1.29 is 27.4 Å². The number of benzene rings is 1. The summed E-state index contributed by atoms with van der Waals surface area (Å²) in [6.45, 7) is 1.72. The fraction of sp³-hybridized carbons (Fsp3) is 0.294. The van der Waals surface area contributed by atoms with Gasteiger partial charge in [0.2, 0.25) is 0 Å². The summed E-state index contributed by atoms with van der Waals surface area (Å²) >= 11 is 0. The van der Waals surface area contributed by atoms with Crippen molar-refractivity contribution in [3.05, 3.63) is 47.7 Å². The van der Waals surface area contributed by atoms with E-state index in [4.69, 9.17) is 9.47 Å². The molecule has 0 radical (unpaired) electrons. The van der Waals surface area contributed by atoms with E-state index in [2.05, 4.69) is 4.98 Å². The molecular weight excluding hydrogens is 337 g/mol. The first-order chi connectivity index (χ1) is 11.8. The lowest BCUT2D eigenvalue weighted by Gasteiger charge is -2.22. The van der Waals surface area contributed by atoms with Crippen LogP contribution in [0.1, 0.15) is 23.0 Å². The number of anilines is 2. The maximum atomic E-state index is 13.0. The van der Waals surface area contributed by atoms with Gasteiger partial charge in [-0.2, -0.15) is 13.2 Å². The second kappa shape index (κ2) is 7.42. The first kappa shape index (κ1) is 18.6. The summed E-state index contributed by atoms with van der Waals surface area (Å²) in [6, 6.07) is 8.44. The van der Waals surface area contributed by atoms with Crippen molar-refractivity contribution in [3.63, 3.8) is 0 Å². The van der Waals surface area contributed by atoms with E-state index in [0.29, 0.717) is 11.4 Å².